The molecular weight excluding hydrogens is 784 g/mol. The van der Waals surface area contributed by atoms with Crippen molar-refractivity contribution < 1.29 is 38.8 Å². The fourth-order valence-electron chi connectivity index (χ4n) is 5.23. The molecule has 2 aromatic carbocycles. The lowest BCUT2D eigenvalue weighted by Crippen LogP contribution is -2.19. The average Bonchev–Trinajstić information content (AvgIpc) is 3.24. The molecule has 9 N–H and O–H groups in total. The number of carbonyl (C=O) groups is 4. The van der Waals surface area contributed by atoms with Gasteiger partial charge in [-0.25, -0.2) is 33.5 Å². The number of rotatable bonds is 12. The van der Waals surface area contributed by atoms with E-state index in [2.05, 4.69) is 51.8 Å². The number of aromatic nitrogens is 4. The van der Waals surface area contributed by atoms with Crippen molar-refractivity contribution in [2.45, 2.75) is 13.8 Å². The number of anilines is 8. The smallest absolute Gasteiger partial charge is 0.335 e. The lowest BCUT2D eigenvalue weighted by atomic mass is 10.1. The summed E-state index contributed by atoms with van der Waals surface area (Å²) < 4.78 is 41.6. The van der Waals surface area contributed by atoms with E-state index in [9.17, 15) is 32.3 Å². The van der Waals surface area contributed by atoms with Crippen LogP contribution in [0.2, 0.25) is 0 Å². The van der Waals surface area contributed by atoms with Gasteiger partial charge in [-0.2, -0.15) is 0 Å². The molecule has 6 rings (SSSR count). The lowest BCUT2D eigenvalue weighted by molar-refractivity contribution is 0.0696. The van der Waals surface area contributed by atoms with Crippen molar-refractivity contribution in [1.29, 1.82) is 0 Å². The van der Waals surface area contributed by atoms with Gasteiger partial charge in [-0.05, 0) is 85.6 Å². The van der Waals surface area contributed by atoms with E-state index in [0.29, 0.717) is 68.3 Å². The molecule has 4 aromatic heterocycles. The van der Waals surface area contributed by atoms with E-state index in [0.717, 1.165) is 18.0 Å². The molecule has 19 heteroatoms. The normalized spacial score (nSPS) is 10.3. The fraction of sp³-hybridized carbons (Fsp3) is 0.122. The molecule has 0 aliphatic carbocycles. The Kier molecular flexibility index (Phi) is 15.0. The van der Waals surface area contributed by atoms with Crippen LogP contribution in [0, 0.1) is 25.5 Å². The molecule has 0 spiro atoms. The molecule has 3 amide bonds. The van der Waals surface area contributed by atoms with Crippen molar-refractivity contribution >= 4 is 69.7 Å². The van der Waals surface area contributed by atoms with Crippen LogP contribution in [0.15, 0.2) is 97.6 Å². The van der Waals surface area contributed by atoms with E-state index >= 15 is 0 Å². The zero-order chi connectivity index (χ0) is 44.6. The Bertz CT molecular complexity index is 2340. The first-order valence-electron chi connectivity index (χ1n) is 18.2. The summed E-state index contributed by atoms with van der Waals surface area (Å²) in [5.74, 6) is -1.52. The van der Waals surface area contributed by atoms with Gasteiger partial charge in [0.05, 0.1) is 49.0 Å². The molecule has 0 aliphatic heterocycles. The molecule has 0 atom stereocenters. The standard InChI is InChI=1S/C20H19FN6O2.C20H18FN5O3.CH3F/c1-11-7-12(19(22)28)3-5-15(11)26-16-8-18(25-10-14(16)20(29)23-2)27-17-6-4-13(21)9-24-17;1-11-7-12(20(28)29)3-5-15(11)25-16-8-18(24-10-14(16)19(27)22-2)26-17-6-4-13(21)9-23-17;1-2/h3-10H,1-2H3,(H2,22,28)(H,23,29)(H2,24,25,26,27);3-10H,1-2H3,(H,22,27)(H,28,29)(H2,23,24,25,26);1H3/i;;1D. The number of amides is 3. The molecule has 310 valence electrons. The quantitative estimate of drug-likeness (QED) is 0.0626. The summed E-state index contributed by atoms with van der Waals surface area (Å²) in [6.07, 6.45) is 4.98. The molecule has 0 bridgehead atoms. The van der Waals surface area contributed by atoms with Crippen LogP contribution in [0.4, 0.5) is 59.2 Å². The Morgan fingerprint density at radius 3 is 1.33 bits per heavy atom. The lowest BCUT2D eigenvalue weighted by Gasteiger charge is -2.15. The minimum absolute atomic E-state index is 0.166. The maximum atomic E-state index is 13.0. The summed E-state index contributed by atoms with van der Waals surface area (Å²) in [5, 5.41) is 26.5. The first-order valence-corrected chi connectivity index (χ1v) is 17.5. The van der Waals surface area contributed by atoms with Crippen LogP contribution in [0.5, 0.6) is 0 Å². The number of halogens is 3. The summed E-state index contributed by atoms with van der Waals surface area (Å²) in [6.45, 7) is 3.58. The Balaban J connectivity index is 0.000000252. The summed E-state index contributed by atoms with van der Waals surface area (Å²) in [7, 11) is 2.03. The van der Waals surface area contributed by atoms with E-state index in [1.807, 2.05) is 6.92 Å². The topological polar surface area (TPSA) is 238 Å². The van der Waals surface area contributed by atoms with E-state index in [1.54, 1.807) is 43.3 Å². The second-order valence-corrected chi connectivity index (χ2v) is 12.3. The van der Waals surface area contributed by atoms with Gasteiger partial charge in [0.15, 0.2) is 0 Å². The third-order valence-electron chi connectivity index (χ3n) is 8.24. The number of carboxylic acids is 1. The molecule has 0 saturated carbocycles. The molecule has 6 aromatic rings. The SMILES string of the molecule is CNC(=O)c1cnc(Nc2ccc(F)cn2)cc1Nc1ccc(C(=O)O)cc1C.CNC(=O)c1cnc(Nc2ccc(F)cn2)cc1Nc1ccc(C(N)=O)cc1C.[2H]CF. The van der Waals surface area contributed by atoms with Crippen LogP contribution in [0.3, 0.4) is 0 Å². The number of hydrogen-bond acceptors (Lipinski definition) is 12. The number of nitrogens with one attached hydrogen (secondary N) is 6. The van der Waals surface area contributed by atoms with Gasteiger partial charge in [0.1, 0.15) is 34.9 Å². The van der Waals surface area contributed by atoms with Crippen LogP contribution >= 0.6 is 0 Å². The van der Waals surface area contributed by atoms with Crippen molar-refractivity contribution in [2.75, 3.05) is 42.5 Å². The Morgan fingerprint density at radius 1 is 0.583 bits per heavy atom. The van der Waals surface area contributed by atoms with E-state index in [4.69, 9.17) is 12.2 Å². The molecule has 16 nitrogen and oxygen atoms in total. The molecule has 4 heterocycles. The van der Waals surface area contributed by atoms with Gasteiger partial charge in [-0.3, -0.25) is 18.8 Å². The highest BCUT2D eigenvalue weighted by atomic mass is 19.1. The van der Waals surface area contributed by atoms with E-state index < -0.39 is 30.7 Å². The maximum Gasteiger partial charge on any atom is 0.335 e. The molecule has 60 heavy (non-hydrogen) atoms. The predicted molar refractivity (Wildman–Crippen MR) is 222 cm³/mol. The monoisotopic (exact) mass is 824 g/mol. The number of nitrogens with two attached hydrogens (primary N) is 1. The van der Waals surface area contributed by atoms with Crippen molar-refractivity contribution in [3.63, 3.8) is 0 Å². The molecule has 0 radical (unpaired) electrons. The zero-order valence-corrected chi connectivity index (χ0v) is 32.5. The number of nitrogens with zero attached hydrogens (tertiary/aromatic N) is 4. The number of aryl methyl sites for hydroxylation is 2. The van der Waals surface area contributed by atoms with Gasteiger partial charge in [0.25, 0.3) is 11.8 Å². The van der Waals surface area contributed by atoms with Gasteiger partial charge < -0.3 is 42.7 Å². The van der Waals surface area contributed by atoms with Gasteiger partial charge in [0.2, 0.25) is 5.91 Å². The van der Waals surface area contributed by atoms with Crippen molar-refractivity contribution in [3.8, 4) is 0 Å². The number of primary amides is 1. The van der Waals surface area contributed by atoms with E-state index in [1.165, 1.54) is 62.9 Å². The van der Waals surface area contributed by atoms with Crippen LogP contribution in [-0.2, 0) is 0 Å². The van der Waals surface area contributed by atoms with Crippen LogP contribution in [-0.4, -0.2) is 70.0 Å². The van der Waals surface area contributed by atoms with Crippen molar-refractivity contribution in [3.05, 3.63) is 143 Å². The Morgan fingerprint density at radius 2 is 0.983 bits per heavy atom. The van der Waals surface area contributed by atoms with Crippen molar-refractivity contribution in [1.82, 2.24) is 30.6 Å². The van der Waals surface area contributed by atoms with Gasteiger partial charge >= 0.3 is 5.97 Å². The molecular formula is C41H40F3N11O5. The molecule has 0 aliphatic rings. The number of hydrogen-bond donors (Lipinski definition) is 8. The predicted octanol–water partition coefficient (Wildman–Crippen LogP) is 6.92. The number of aromatic carboxylic acids is 1. The molecule has 0 unspecified atom stereocenters. The van der Waals surface area contributed by atoms with Gasteiger partial charge in [-0.1, -0.05) is 0 Å². The highest BCUT2D eigenvalue weighted by Gasteiger charge is 2.16. The van der Waals surface area contributed by atoms with Gasteiger partial charge in [0, 0.05) is 55.6 Å². The highest BCUT2D eigenvalue weighted by molar-refractivity contribution is 6.01. The Hall–Kier alpha value is -8.09. The van der Waals surface area contributed by atoms with Crippen LogP contribution in [0.25, 0.3) is 0 Å². The van der Waals surface area contributed by atoms with Gasteiger partial charge in [-0.15, -0.1) is 0 Å². The number of pyridine rings is 4. The number of benzene rings is 2. The van der Waals surface area contributed by atoms with Crippen molar-refractivity contribution in [2.24, 2.45) is 5.73 Å². The second-order valence-electron chi connectivity index (χ2n) is 12.3. The average molecular weight is 825 g/mol. The summed E-state index contributed by atoms with van der Waals surface area (Å²) in [5.41, 5.74) is 10.2. The summed E-state index contributed by atoms with van der Waals surface area (Å²) >= 11 is 0. The number of alkyl halides is 1. The number of carboxylic acid groups (broad SMARTS) is 1. The third kappa shape index (κ3) is 12.0. The second kappa shape index (κ2) is 20.9. The third-order valence-corrected chi connectivity index (χ3v) is 8.24. The first-order chi connectivity index (χ1) is 29.1. The Labute approximate surface area is 343 Å². The minimum Gasteiger partial charge on any atom is -0.478 e. The molecule has 0 saturated heterocycles. The van der Waals surface area contributed by atoms with Crippen LogP contribution < -0.4 is 37.6 Å². The highest BCUT2D eigenvalue weighted by Crippen LogP contribution is 2.29. The summed E-state index contributed by atoms with van der Waals surface area (Å²) in [6, 6.07) is 18.3. The fourth-order valence-corrected chi connectivity index (χ4v) is 5.23. The largest absolute Gasteiger partial charge is 0.478 e. The summed E-state index contributed by atoms with van der Waals surface area (Å²) in [4.78, 5) is 63.2. The maximum absolute atomic E-state index is 13.0. The first kappa shape index (κ1) is 43.0. The van der Waals surface area contributed by atoms with E-state index in [-0.39, 0.29) is 17.4 Å². The number of carbonyl (C=O) groups excluding carboxylic acids is 3. The minimum atomic E-state index is -1.02. The zero-order valence-electron chi connectivity index (χ0n) is 33.5. The van der Waals surface area contributed by atoms with Crippen LogP contribution in [0.1, 0.15) is 53.9 Å². The molecule has 0 fully saturated rings.